The zero-order valence-corrected chi connectivity index (χ0v) is 10.6. The number of quaternary nitrogens is 1. The van der Waals surface area contributed by atoms with Gasteiger partial charge < -0.3 is 5.32 Å². The lowest BCUT2D eigenvalue weighted by Crippen LogP contribution is -2.97. The van der Waals surface area contributed by atoms with Crippen molar-refractivity contribution in [1.82, 2.24) is 5.32 Å². The number of rotatable bonds is 4. The number of hydrogen-bond acceptors (Lipinski definition) is 1. The van der Waals surface area contributed by atoms with Crippen molar-refractivity contribution in [2.24, 2.45) is 5.92 Å². The van der Waals surface area contributed by atoms with Crippen LogP contribution in [0.5, 0.6) is 0 Å². The van der Waals surface area contributed by atoms with E-state index in [0.29, 0.717) is 6.17 Å². The van der Waals surface area contributed by atoms with Crippen LogP contribution in [0.15, 0.2) is 12.2 Å². The first-order valence-corrected chi connectivity index (χ1v) is 7.08. The Morgan fingerprint density at radius 3 is 2.94 bits per heavy atom. The number of nitrogens with two attached hydrogens (primary N) is 1. The Hall–Kier alpha value is -0.340. The minimum Gasteiger partial charge on any atom is -0.329 e. The SMILES string of the molecule is C[C@@H](CC1CC=CCC1)[NH2+]C1CCCCN1. The van der Waals surface area contributed by atoms with Crippen molar-refractivity contribution in [3.05, 3.63) is 12.2 Å². The van der Waals surface area contributed by atoms with Gasteiger partial charge in [0.2, 0.25) is 0 Å². The van der Waals surface area contributed by atoms with Gasteiger partial charge in [-0.05, 0) is 44.9 Å². The van der Waals surface area contributed by atoms with Gasteiger partial charge in [-0.25, -0.2) is 0 Å². The molecule has 2 unspecified atom stereocenters. The van der Waals surface area contributed by atoms with Crippen molar-refractivity contribution >= 4 is 0 Å². The van der Waals surface area contributed by atoms with Gasteiger partial charge in [-0.1, -0.05) is 12.2 Å². The quantitative estimate of drug-likeness (QED) is 0.699. The molecule has 0 aromatic carbocycles. The third-order valence-corrected chi connectivity index (χ3v) is 3.99. The van der Waals surface area contributed by atoms with Crippen LogP contribution in [0.1, 0.15) is 51.9 Å². The zero-order chi connectivity index (χ0) is 11.2. The van der Waals surface area contributed by atoms with Crippen LogP contribution >= 0.6 is 0 Å². The average Bonchev–Trinajstić information content (AvgIpc) is 2.31. The Balaban J connectivity index is 1.66. The number of hydrogen-bond donors (Lipinski definition) is 2. The molecule has 1 aliphatic carbocycles. The van der Waals surface area contributed by atoms with Crippen molar-refractivity contribution < 1.29 is 5.32 Å². The largest absolute Gasteiger partial charge is 0.329 e. The summed E-state index contributed by atoms with van der Waals surface area (Å²) in [6.45, 7) is 3.62. The van der Waals surface area contributed by atoms with Gasteiger partial charge >= 0.3 is 0 Å². The summed E-state index contributed by atoms with van der Waals surface area (Å²) in [6.07, 6.45) is 15.0. The van der Waals surface area contributed by atoms with Crippen molar-refractivity contribution in [1.29, 1.82) is 0 Å². The Kier molecular flexibility index (Phi) is 4.86. The standard InChI is InChI=1S/C14H26N2/c1-12(11-13-7-3-2-4-8-13)16-14-9-5-6-10-15-14/h2-3,12-16H,4-11H2,1H3/p+1/t12-,13?,14?/m0/s1. The molecule has 16 heavy (non-hydrogen) atoms. The van der Waals surface area contributed by atoms with Crippen molar-refractivity contribution in [3.8, 4) is 0 Å². The highest BCUT2D eigenvalue weighted by atomic mass is 15.1. The molecule has 3 N–H and O–H groups in total. The molecule has 0 bridgehead atoms. The number of nitrogens with one attached hydrogen (secondary N) is 1. The van der Waals surface area contributed by atoms with Crippen LogP contribution in [0, 0.1) is 5.92 Å². The second kappa shape index (κ2) is 6.41. The highest BCUT2D eigenvalue weighted by Crippen LogP contribution is 2.21. The van der Waals surface area contributed by atoms with Gasteiger partial charge in [0, 0.05) is 19.4 Å². The molecule has 0 spiro atoms. The molecule has 1 aliphatic heterocycles. The fraction of sp³-hybridized carbons (Fsp3) is 0.857. The zero-order valence-electron chi connectivity index (χ0n) is 10.6. The Bertz CT molecular complexity index is 219. The summed E-state index contributed by atoms with van der Waals surface area (Å²) in [5.41, 5.74) is 0. The van der Waals surface area contributed by atoms with E-state index in [1.54, 1.807) is 0 Å². The average molecular weight is 223 g/mol. The Morgan fingerprint density at radius 2 is 2.25 bits per heavy atom. The lowest BCUT2D eigenvalue weighted by molar-refractivity contribution is -0.726. The van der Waals surface area contributed by atoms with Crippen LogP contribution in [0.25, 0.3) is 0 Å². The Morgan fingerprint density at radius 1 is 1.31 bits per heavy atom. The van der Waals surface area contributed by atoms with E-state index in [9.17, 15) is 0 Å². The molecular weight excluding hydrogens is 196 g/mol. The summed E-state index contributed by atoms with van der Waals surface area (Å²) in [7, 11) is 0. The van der Waals surface area contributed by atoms with Crippen molar-refractivity contribution in [2.45, 2.75) is 64.1 Å². The molecule has 1 fully saturated rings. The molecule has 3 atom stereocenters. The van der Waals surface area contributed by atoms with E-state index in [2.05, 4.69) is 29.7 Å². The maximum Gasteiger partial charge on any atom is 0.139 e. The normalized spacial score (nSPS) is 32.6. The maximum atomic E-state index is 3.62. The predicted octanol–water partition coefficient (Wildman–Crippen LogP) is 1.78. The van der Waals surface area contributed by atoms with E-state index >= 15 is 0 Å². The first kappa shape index (κ1) is 12.1. The van der Waals surface area contributed by atoms with Gasteiger partial charge in [0.15, 0.2) is 0 Å². The number of allylic oxidation sites excluding steroid dienone is 2. The summed E-state index contributed by atoms with van der Waals surface area (Å²) in [6, 6.07) is 0.784. The van der Waals surface area contributed by atoms with Crippen LogP contribution in [0.4, 0.5) is 0 Å². The molecule has 2 heteroatoms. The predicted molar refractivity (Wildman–Crippen MR) is 68.1 cm³/mol. The highest BCUT2D eigenvalue weighted by molar-refractivity contribution is 4.90. The summed E-state index contributed by atoms with van der Waals surface area (Å²) < 4.78 is 0. The van der Waals surface area contributed by atoms with Gasteiger partial charge in [-0.2, -0.15) is 0 Å². The molecule has 1 saturated heterocycles. The fourth-order valence-electron chi connectivity index (χ4n) is 3.11. The maximum absolute atomic E-state index is 3.62. The van der Waals surface area contributed by atoms with Crippen molar-refractivity contribution in [2.75, 3.05) is 6.54 Å². The van der Waals surface area contributed by atoms with Gasteiger partial charge in [0.1, 0.15) is 6.17 Å². The summed E-state index contributed by atoms with van der Waals surface area (Å²) >= 11 is 0. The minimum absolute atomic E-state index is 0.697. The second-order valence-corrected chi connectivity index (χ2v) is 5.61. The van der Waals surface area contributed by atoms with Gasteiger partial charge in [0.05, 0.1) is 6.04 Å². The van der Waals surface area contributed by atoms with E-state index in [-0.39, 0.29) is 0 Å². The van der Waals surface area contributed by atoms with Gasteiger partial charge in [-0.3, -0.25) is 5.32 Å². The highest BCUT2D eigenvalue weighted by Gasteiger charge is 2.21. The van der Waals surface area contributed by atoms with E-state index in [1.807, 2.05) is 0 Å². The van der Waals surface area contributed by atoms with Crippen LogP contribution in [-0.4, -0.2) is 18.8 Å². The second-order valence-electron chi connectivity index (χ2n) is 5.61. The van der Waals surface area contributed by atoms with E-state index < -0.39 is 0 Å². The molecule has 0 radical (unpaired) electrons. The number of piperidine rings is 1. The fourth-order valence-corrected chi connectivity index (χ4v) is 3.11. The third kappa shape index (κ3) is 3.91. The van der Waals surface area contributed by atoms with Gasteiger partial charge in [0.25, 0.3) is 0 Å². The molecule has 92 valence electrons. The van der Waals surface area contributed by atoms with Gasteiger partial charge in [-0.15, -0.1) is 0 Å². The lowest BCUT2D eigenvalue weighted by atomic mass is 9.89. The molecule has 0 aromatic heterocycles. The van der Waals surface area contributed by atoms with E-state index in [1.165, 1.54) is 51.5 Å². The summed E-state index contributed by atoms with van der Waals surface area (Å²) in [4.78, 5) is 0. The van der Waals surface area contributed by atoms with Crippen LogP contribution in [0.2, 0.25) is 0 Å². The molecular formula is C14H27N2+. The third-order valence-electron chi connectivity index (χ3n) is 3.99. The first-order valence-electron chi connectivity index (χ1n) is 7.08. The van der Waals surface area contributed by atoms with E-state index in [4.69, 9.17) is 0 Å². The Labute approximate surface area is 99.9 Å². The monoisotopic (exact) mass is 223 g/mol. The topological polar surface area (TPSA) is 28.6 Å². The first-order chi connectivity index (χ1) is 7.84. The molecule has 0 saturated carbocycles. The molecule has 1 heterocycles. The van der Waals surface area contributed by atoms with Crippen LogP contribution in [0.3, 0.4) is 0 Å². The van der Waals surface area contributed by atoms with Crippen LogP contribution in [-0.2, 0) is 0 Å². The molecule has 2 rings (SSSR count). The van der Waals surface area contributed by atoms with Crippen LogP contribution < -0.4 is 10.6 Å². The summed E-state index contributed by atoms with van der Waals surface area (Å²) in [5.74, 6) is 0.944. The smallest absolute Gasteiger partial charge is 0.139 e. The van der Waals surface area contributed by atoms with Crippen molar-refractivity contribution in [3.63, 3.8) is 0 Å². The summed E-state index contributed by atoms with van der Waals surface area (Å²) in [5, 5.41) is 6.18. The van der Waals surface area contributed by atoms with E-state index in [0.717, 1.165) is 12.0 Å². The molecule has 0 amide bonds. The molecule has 0 aromatic rings. The minimum atomic E-state index is 0.697. The lowest BCUT2D eigenvalue weighted by Gasteiger charge is -2.27. The molecule has 2 nitrogen and oxygen atoms in total. The molecule has 2 aliphatic rings.